The van der Waals surface area contributed by atoms with Gasteiger partial charge in [0, 0.05) is 18.8 Å². The van der Waals surface area contributed by atoms with Crippen molar-refractivity contribution in [3.05, 3.63) is 112 Å². The molecule has 1 N–H and O–H groups in total. The van der Waals surface area contributed by atoms with Crippen molar-refractivity contribution in [2.75, 3.05) is 18.4 Å². The van der Waals surface area contributed by atoms with E-state index in [0.717, 1.165) is 0 Å². The maximum Gasteiger partial charge on any atom is 0.322 e. The van der Waals surface area contributed by atoms with Crippen LogP contribution in [0, 0.1) is 17.6 Å². The lowest BCUT2D eigenvalue weighted by Crippen LogP contribution is -2.45. The number of para-hydroxylation sites is 1. The number of hydrogen-bond acceptors (Lipinski definition) is 4. The Morgan fingerprint density at radius 2 is 1.64 bits per heavy atom. The highest BCUT2D eigenvalue weighted by molar-refractivity contribution is 5.92. The molecule has 0 fully saturated rings. The Balaban J connectivity index is 1.60. The molecule has 0 aliphatic carbocycles. The molecular formula is C30H29F2N3O4. The molecule has 3 amide bonds. The molecule has 4 rings (SSSR count). The van der Waals surface area contributed by atoms with E-state index in [1.165, 1.54) is 46.4 Å². The molecule has 0 spiro atoms. The molecule has 1 aromatic heterocycles. The van der Waals surface area contributed by atoms with Crippen molar-refractivity contribution in [1.29, 1.82) is 0 Å². The average molecular weight is 534 g/mol. The molecule has 0 saturated heterocycles. The van der Waals surface area contributed by atoms with Crippen LogP contribution in [0.4, 0.5) is 19.3 Å². The molecule has 202 valence electrons. The Morgan fingerprint density at radius 3 is 2.36 bits per heavy atom. The van der Waals surface area contributed by atoms with Gasteiger partial charge in [0.15, 0.2) is 5.43 Å². The number of benzene rings is 3. The van der Waals surface area contributed by atoms with Crippen LogP contribution in [0.5, 0.6) is 0 Å². The lowest BCUT2D eigenvalue weighted by atomic mass is 10.1. The van der Waals surface area contributed by atoms with Gasteiger partial charge in [0.1, 0.15) is 23.8 Å². The highest BCUT2D eigenvalue weighted by atomic mass is 19.1. The summed E-state index contributed by atoms with van der Waals surface area (Å²) in [7, 11) is 0. The van der Waals surface area contributed by atoms with Crippen molar-refractivity contribution < 1.29 is 22.8 Å². The van der Waals surface area contributed by atoms with Gasteiger partial charge in [0.05, 0.1) is 23.8 Å². The molecule has 0 aliphatic heterocycles. The predicted molar refractivity (Wildman–Crippen MR) is 145 cm³/mol. The van der Waals surface area contributed by atoms with Crippen molar-refractivity contribution in [3.63, 3.8) is 0 Å². The lowest BCUT2D eigenvalue weighted by Gasteiger charge is -2.29. The molecule has 9 heteroatoms. The summed E-state index contributed by atoms with van der Waals surface area (Å²) in [4.78, 5) is 42.6. The number of nitrogens with zero attached hydrogens (tertiary/aromatic N) is 2. The van der Waals surface area contributed by atoms with E-state index in [1.54, 1.807) is 42.5 Å². The van der Waals surface area contributed by atoms with E-state index in [4.69, 9.17) is 4.42 Å². The summed E-state index contributed by atoms with van der Waals surface area (Å²) in [5.41, 5.74) is 1.34. The topological polar surface area (TPSA) is 82.9 Å². The molecule has 1 heterocycles. The molecule has 39 heavy (non-hydrogen) atoms. The Kier molecular flexibility index (Phi) is 8.70. The number of nitrogens with one attached hydrogen (secondary N) is 1. The minimum absolute atomic E-state index is 0.0362. The van der Waals surface area contributed by atoms with Gasteiger partial charge in [-0.3, -0.25) is 9.59 Å². The quantitative estimate of drug-likeness (QED) is 0.295. The summed E-state index contributed by atoms with van der Waals surface area (Å²) in [5, 5.41) is 3.03. The van der Waals surface area contributed by atoms with Crippen LogP contribution in [0.1, 0.15) is 25.0 Å². The number of anilines is 1. The number of hydrogen-bond donors (Lipinski definition) is 1. The van der Waals surface area contributed by atoms with E-state index < -0.39 is 23.6 Å². The smallest absolute Gasteiger partial charge is 0.322 e. The third-order valence-corrected chi connectivity index (χ3v) is 6.03. The molecule has 0 atom stereocenters. The largest absolute Gasteiger partial charge is 0.464 e. The summed E-state index contributed by atoms with van der Waals surface area (Å²) >= 11 is 0. The third-order valence-electron chi connectivity index (χ3n) is 6.03. The minimum Gasteiger partial charge on any atom is -0.464 e. The van der Waals surface area contributed by atoms with Crippen LogP contribution in [-0.4, -0.2) is 34.8 Å². The highest BCUT2D eigenvalue weighted by Gasteiger charge is 2.24. The van der Waals surface area contributed by atoms with Gasteiger partial charge in [-0.15, -0.1) is 0 Å². The van der Waals surface area contributed by atoms with Gasteiger partial charge in [-0.1, -0.05) is 44.2 Å². The van der Waals surface area contributed by atoms with Crippen LogP contribution in [0.3, 0.4) is 0 Å². The van der Waals surface area contributed by atoms with Gasteiger partial charge in [0.25, 0.3) is 0 Å². The van der Waals surface area contributed by atoms with Crippen LogP contribution in [-0.2, 0) is 17.9 Å². The van der Waals surface area contributed by atoms with E-state index >= 15 is 0 Å². The monoisotopic (exact) mass is 533 g/mol. The molecule has 0 aliphatic rings. The van der Waals surface area contributed by atoms with Crippen molar-refractivity contribution in [1.82, 2.24) is 9.80 Å². The minimum atomic E-state index is -0.561. The first-order valence-electron chi connectivity index (χ1n) is 12.5. The summed E-state index contributed by atoms with van der Waals surface area (Å²) in [5.74, 6) is -1.31. The summed E-state index contributed by atoms with van der Waals surface area (Å²) in [6, 6.07) is 17.4. The standard InChI is InChI=1S/C30H29F2N3O4/c1-20(2)15-35(30(38)33-25-7-5-6-24(32)14-25)18-28(36)34(16-21-10-12-23(31)13-11-21)17-22-19-39-27-9-4-3-8-26(27)29(22)37/h3-14,19-20H,15-18H2,1-2H3,(H,33,38). The van der Waals surface area contributed by atoms with Crippen molar-refractivity contribution in [2.45, 2.75) is 26.9 Å². The zero-order chi connectivity index (χ0) is 27.9. The first kappa shape index (κ1) is 27.5. The van der Waals surface area contributed by atoms with Crippen LogP contribution in [0.25, 0.3) is 11.0 Å². The number of carbonyl (C=O) groups excluding carboxylic acids is 2. The second-order valence-electron chi connectivity index (χ2n) is 9.68. The highest BCUT2D eigenvalue weighted by Crippen LogP contribution is 2.16. The maximum absolute atomic E-state index is 13.6. The summed E-state index contributed by atoms with van der Waals surface area (Å²) in [6.07, 6.45) is 1.33. The fourth-order valence-electron chi connectivity index (χ4n) is 4.17. The van der Waals surface area contributed by atoms with Gasteiger partial charge in [-0.2, -0.15) is 0 Å². The molecule has 0 unspecified atom stereocenters. The Labute approximate surface area is 224 Å². The van der Waals surface area contributed by atoms with E-state index in [-0.39, 0.29) is 48.8 Å². The molecule has 4 aromatic rings. The number of amides is 3. The van der Waals surface area contributed by atoms with Crippen LogP contribution < -0.4 is 10.7 Å². The fraction of sp³-hybridized carbons (Fsp3) is 0.233. The van der Waals surface area contributed by atoms with Gasteiger partial charge < -0.3 is 19.5 Å². The third kappa shape index (κ3) is 7.28. The molecule has 0 radical (unpaired) electrons. The molecular weight excluding hydrogens is 504 g/mol. The van der Waals surface area contributed by atoms with E-state index in [9.17, 15) is 23.2 Å². The number of carbonyl (C=O) groups is 2. The number of fused-ring (bicyclic) bond motifs is 1. The van der Waals surface area contributed by atoms with Gasteiger partial charge in [-0.25, -0.2) is 13.6 Å². The van der Waals surface area contributed by atoms with Gasteiger partial charge in [-0.05, 0) is 53.9 Å². The lowest BCUT2D eigenvalue weighted by molar-refractivity contribution is -0.133. The number of halogens is 2. The summed E-state index contributed by atoms with van der Waals surface area (Å²) in [6.45, 7) is 3.78. The first-order valence-corrected chi connectivity index (χ1v) is 12.5. The molecule has 0 bridgehead atoms. The average Bonchev–Trinajstić information content (AvgIpc) is 2.90. The fourth-order valence-corrected chi connectivity index (χ4v) is 4.17. The zero-order valence-electron chi connectivity index (χ0n) is 21.7. The second-order valence-corrected chi connectivity index (χ2v) is 9.68. The van der Waals surface area contributed by atoms with E-state index in [0.29, 0.717) is 16.5 Å². The van der Waals surface area contributed by atoms with Gasteiger partial charge in [0.2, 0.25) is 5.91 Å². The Bertz CT molecular complexity index is 1520. The molecule has 0 saturated carbocycles. The molecule has 3 aromatic carbocycles. The van der Waals surface area contributed by atoms with Crippen LogP contribution in [0.15, 0.2) is 88.3 Å². The van der Waals surface area contributed by atoms with E-state index in [1.807, 2.05) is 13.8 Å². The van der Waals surface area contributed by atoms with Crippen LogP contribution in [0.2, 0.25) is 0 Å². The zero-order valence-corrected chi connectivity index (χ0v) is 21.7. The predicted octanol–water partition coefficient (Wildman–Crippen LogP) is 5.79. The van der Waals surface area contributed by atoms with Crippen LogP contribution >= 0.6 is 0 Å². The summed E-state index contributed by atoms with van der Waals surface area (Å²) < 4.78 is 32.8. The number of urea groups is 1. The second kappa shape index (κ2) is 12.3. The maximum atomic E-state index is 13.6. The normalized spacial score (nSPS) is 11.0. The molecule has 7 nitrogen and oxygen atoms in total. The van der Waals surface area contributed by atoms with E-state index in [2.05, 4.69) is 5.32 Å². The van der Waals surface area contributed by atoms with Gasteiger partial charge >= 0.3 is 6.03 Å². The Hall–Kier alpha value is -4.53. The van der Waals surface area contributed by atoms with Crippen molar-refractivity contribution in [2.24, 2.45) is 5.92 Å². The first-order chi connectivity index (χ1) is 18.7. The van der Waals surface area contributed by atoms with Crippen molar-refractivity contribution in [3.8, 4) is 0 Å². The Morgan fingerprint density at radius 1 is 0.897 bits per heavy atom. The SMILES string of the molecule is CC(C)CN(CC(=O)N(Cc1ccc(F)cc1)Cc1coc2ccccc2c1=O)C(=O)Nc1cccc(F)c1. The number of rotatable bonds is 9. The van der Waals surface area contributed by atoms with Crippen molar-refractivity contribution >= 4 is 28.6 Å².